The van der Waals surface area contributed by atoms with Gasteiger partial charge in [-0.2, -0.15) is 0 Å². The molecular weight excluding hydrogens is 264 g/mol. The van der Waals surface area contributed by atoms with E-state index in [0.29, 0.717) is 6.54 Å². The van der Waals surface area contributed by atoms with E-state index in [1.54, 1.807) is 14.2 Å². The molecule has 0 saturated carbocycles. The van der Waals surface area contributed by atoms with Gasteiger partial charge in [-0.05, 0) is 24.0 Å². The molecule has 1 atom stereocenters. The number of nitrogens with two attached hydrogens (primary N) is 1. The van der Waals surface area contributed by atoms with E-state index < -0.39 is 0 Å². The molecule has 0 aliphatic heterocycles. The summed E-state index contributed by atoms with van der Waals surface area (Å²) >= 11 is 0. The van der Waals surface area contributed by atoms with Gasteiger partial charge in [0.05, 0.1) is 6.61 Å². The molecule has 1 unspecified atom stereocenters. The van der Waals surface area contributed by atoms with Gasteiger partial charge in [-0.15, -0.1) is 0 Å². The molecule has 0 aliphatic carbocycles. The van der Waals surface area contributed by atoms with E-state index in [1.165, 1.54) is 11.1 Å². The second kappa shape index (κ2) is 10.7. The summed E-state index contributed by atoms with van der Waals surface area (Å²) in [4.78, 5) is 2.39. The average molecular weight is 294 g/mol. The Morgan fingerprint density at radius 1 is 1.05 bits per heavy atom. The zero-order valence-electron chi connectivity index (χ0n) is 13.7. The first-order valence-corrected chi connectivity index (χ1v) is 7.77. The number of benzene rings is 1. The van der Waals surface area contributed by atoms with Crippen LogP contribution in [-0.2, 0) is 15.9 Å². The van der Waals surface area contributed by atoms with E-state index in [-0.39, 0.29) is 6.04 Å². The van der Waals surface area contributed by atoms with Crippen LogP contribution < -0.4 is 5.73 Å². The van der Waals surface area contributed by atoms with Crippen LogP contribution in [0.2, 0.25) is 0 Å². The van der Waals surface area contributed by atoms with E-state index in [0.717, 1.165) is 39.1 Å². The normalized spacial score (nSPS) is 12.8. The first-order chi connectivity index (χ1) is 10.3. The molecule has 0 spiro atoms. The first kappa shape index (κ1) is 18.1. The molecule has 0 aromatic heterocycles. The zero-order valence-corrected chi connectivity index (χ0v) is 13.7. The fourth-order valence-electron chi connectivity index (χ4n) is 2.52. The largest absolute Gasteiger partial charge is 0.385 e. The van der Waals surface area contributed by atoms with E-state index in [4.69, 9.17) is 15.2 Å². The predicted molar refractivity (Wildman–Crippen MR) is 87.6 cm³/mol. The van der Waals surface area contributed by atoms with Crippen LogP contribution in [0.1, 0.15) is 30.5 Å². The van der Waals surface area contributed by atoms with Crippen molar-refractivity contribution in [3.05, 3.63) is 35.4 Å². The minimum atomic E-state index is 0.239. The van der Waals surface area contributed by atoms with E-state index >= 15 is 0 Å². The highest BCUT2D eigenvalue weighted by molar-refractivity contribution is 5.25. The lowest BCUT2D eigenvalue weighted by atomic mass is 10.0. The van der Waals surface area contributed by atoms with Crippen molar-refractivity contribution in [2.75, 3.05) is 47.1 Å². The van der Waals surface area contributed by atoms with Crippen LogP contribution in [0, 0.1) is 0 Å². The maximum absolute atomic E-state index is 6.04. The van der Waals surface area contributed by atoms with Crippen molar-refractivity contribution in [2.45, 2.75) is 25.8 Å². The van der Waals surface area contributed by atoms with Crippen LogP contribution in [-0.4, -0.2) is 52.0 Å². The molecule has 2 N–H and O–H groups in total. The summed E-state index contributed by atoms with van der Waals surface area (Å²) in [5.74, 6) is 0. The molecule has 1 aromatic rings. The van der Waals surface area contributed by atoms with Gasteiger partial charge in [0, 0.05) is 46.5 Å². The molecule has 4 nitrogen and oxygen atoms in total. The predicted octanol–water partition coefficient (Wildman–Crippen LogP) is 2.23. The Morgan fingerprint density at radius 2 is 1.71 bits per heavy atom. The number of nitrogens with zero attached hydrogens (tertiary/aromatic N) is 1. The Bertz CT molecular complexity index is 368. The molecule has 0 aliphatic rings. The monoisotopic (exact) mass is 294 g/mol. The highest BCUT2D eigenvalue weighted by Gasteiger charge is 2.18. The number of methoxy groups -OCH3 is 2. The number of hydrogen-bond acceptors (Lipinski definition) is 4. The van der Waals surface area contributed by atoms with Gasteiger partial charge in [0.1, 0.15) is 0 Å². The van der Waals surface area contributed by atoms with Crippen molar-refractivity contribution in [3.63, 3.8) is 0 Å². The van der Waals surface area contributed by atoms with Gasteiger partial charge in [0.25, 0.3) is 0 Å². The van der Waals surface area contributed by atoms with Crippen molar-refractivity contribution in [1.29, 1.82) is 0 Å². The fraction of sp³-hybridized carbons (Fsp3) is 0.647. The highest BCUT2D eigenvalue weighted by Crippen LogP contribution is 2.20. The van der Waals surface area contributed by atoms with Crippen molar-refractivity contribution in [1.82, 2.24) is 4.90 Å². The van der Waals surface area contributed by atoms with Crippen LogP contribution in [0.25, 0.3) is 0 Å². The molecular formula is C17H30N2O2. The molecule has 0 bridgehead atoms. The van der Waals surface area contributed by atoms with E-state index in [1.807, 2.05) is 0 Å². The van der Waals surface area contributed by atoms with Crippen molar-refractivity contribution < 1.29 is 9.47 Å². The van der Waals surface area contributed by atoms with Crippen LogP contribution >= 0.6 is 0 Å². The van der Waals surface area contributed by atoms with Crippen LogP contribution in [0.5, 0.6) is 0 Å². The Kier molecular flexibility index (Phi) is 9.26. The first-order valence-electron chi connectivity index (χ1n) is 7.77. The summed E-state index contributed by atoms with van der Waals surface area (Å²) < 4.78 is 10.4. The maximum atomic E-state index is 6.04. The summed E-state index contributed by atoms with van der Waals surface area (Å²) in [7, 11) is 3.48. The van der Waals surface area contributed by atoms with Crippen LogP contribution in [0.15, 0.2) is 24.3 Å². The summed E-state index contributed by atoms with van der Waals surface area (Å²) in [6.45, 7) is 6.13. The Labute approximate surface area is 129 Å². The van der Waals surface area contributed by atoms with Crippen LogP contribution in [0.4, 0.5) is 0 Å². The molecule has 4 heteroatoms. The average Bonchev–Trinajstić information content (AvgIpc) is 2.53. The molecule has 1 aromatic carbocycles. The Morgan fingerprint density at radius 3 is 2.24 bits per heavy atom. The summed E-state index contributed by atoms with van der Waals surface area (Å²) in [5.41, 5.74) is 8.68. The van der Waals surface area contributed by atoms with Gasteiger partial charge in [0.15, 0.2) is 0 Å². The summed E-state index contributed by atoms with van der Waals surface area (Å²) in [6.07, 6.45) is 2.07. The molecule has 0 amide bonds. The Hall–Kier alpha value is -0.940. The van der Waals surface area contributed by atoms with E-state index in [9.17, 15) is 0 Å². The SMILES string of the molecule is CCc1ccc(C(CN)N(CCCOC)CCOC)cc1. The second-order valence-electron chi connectivity index (χ2n) is 5.22. The molecule has 21 heavy (non-hydrogen) atoms. The number of aryl methyl sites for hydroxylation is 1. The van der Waals surface area contributed by atoms with Gasteiger partial charge >= 0.3 is 0 Å². The lowest BCUT2D eigenvalue weighted by Gasteiger charge is -2.31. The van der Waals surface area contributed by atoms with Gasteiger partial charge in [-0.3, -0.25) is 4.90 Å². The van der Waals surface area contributed by atoms with Crippen molar-refractivity contribution in [3.8, 4) is 0 Å². The van der Waals surface area contributed by atoms with Gasteiger partial charge in [-0.1, -0.05) is 31.2 Å². The van der Waals surface area contributed by atoms with Gasteiger partial charge in [0.2, 0.25) is 0 Å². The third-order valence-electron chi connectivity index (χ3n) is 3.81. The van der Waals surface area contributed by atoms with E-state index in [2.05, 4.69) is 36.1 Å². The molecule has 0 radical (unpaired) electrons. The lowest BCUT2D eigenvalue weighted by Crippen LogP contribution is -2.37. The highest BCUT2D eigenvalue weighted by atomic mass is 16.5. The van der Waals surface area contributed by atoms with Gasteiger partial charge < -0.3 is 15.2 Å². The number of hydrogen-bond donors (Lipinski definition) is 1. The zero-order chi connectivity index (χ0) is 15.5. The maximum Gasteiger partial charge on any atom is 0.0589 e. The number of rotatable bonds is 11. The standard InChI is InChI=1S/C17H30N2O2/c1-4-15-6-8-16(9-7-15)17(14-18)19(11-13-21-3)10-5-12-20-2/h6-9,17H,4-5,10-14,18H2,1-3H3. The van der Waals surface area contributed by atoms with Crippen LogP contribution in [0.3, 0.4) is 0 Å². The fourth-order valence-corrected chi connectivity index (χ4v) is 2.52. The van der Waals surface area contributed by atoms with Gasteiger partial charge in [-0.25, -0.2) is 0 Å². The van der Waals surface area contributed by atoms with Crippen molar-refractivity contribution in [2.24, 2.45) is 5.73 Å². The molecule has 0 saturated heterocycles. The minimum Gasteiger partial charge on any atom is -0.385 e. The minimum absolute atomic E-state index is 0.239. The quantitative estimate of drug-likeness (QED) is 0.636. The summed E-state index contributed by atoms with van der Waals surface area (Å²) in [6, 6.07) is 9.03. The summed E-state index contributed by atoms with van der Waals surface area (Å²) in [5, 5.41) is 0. The lowest BCUT2D eigenvalue weighted by molar-refractivity contribution is 0.108. The number of ether oxygens (including phenoxy) is 2. The van der Waals surface area contributed by atoms with Crippen molar-refractivity contribution >= 4 is 0 Å². The third kappa shape index (κ3) is 6.14. The topological polar surface area (TPSA) is 47.7 Å². The smallest absolute Gasteiger partial charge is 0.0589 e. The second-order valence-corrected chi connectivity index (χ2v) is 5.22. The molecule has 0 heterocycles. The Balaban J connectivity index is 2.76. The molecule has 120 valence electrons. The third-order valence-corrected chi connectivity index (χ3v) is 3.81. The molecule has 1 rings (SSSR count). The molecule has 0 fully saturated rings.